The molecule has 1 unspecified atom stereocenters. The molecule has 0 N–H and O–H groups in total. The molecule has 0 saturated carbocycles. The summed E-state index contributed by atoms with van der Waals surface area (Å²) in [7, 11) is 0. The number of unbranched alkanes of at least 4 members (excludes halogenated alkanes) is 1. The molecule has 15 heavy (non-hydrogen) atoms. The first-order valence-corrected chi connectivity index (χ1v) is 5.55. The Hall–Kier alpha value is -0.610. The van der Waals surface area contributed by atoms with Gasteiger partial charge in [-0.1, -0.05) is 13.3 Å². The summed E-state index contributed by atoms with van der Waals surface area (Å²) in [5, 5.41) is 0. The first kappa shape index (κ1) is 14.4. The lowest BCUT2D eigenvalue weighted by Gasteiger charge is -2.13. The van der Waals surface area contributed by atoms with Gasteiger partial charge in [0, 0.05) is 13.2 Å². The van der Waals surface area contributed by atoms with Crippen molar-refractivity contribution in [3.05, 3.63) is 0 Å². The fourth-order valence-electron chi connectivity index (χ4n) is 0.974. The normalized spacial score (nSPS) is 12.5. The summed E-state index contributed by atoms with van der Waals surface area (Å²) in [5.41, 5.74) is 0. The molecule has 0 aromatic rings. The Kier molecular flexibility index (Phi) is 9.52. The second-order valence-electron chi connectivity index (χ2n) is 3.37. The SMILES string of the molecule is CCCCOCC(C)OC(=O)COCC. The summed E-state index contributed by atoms with van der Waals surface area (Å²) >= 11 is 0. The van der Waals surface area contributed by atoms with Crippen LogP contribution in [0.5, 0.6) is 0 Å². The molecule has 0 radical (unpaired) electrons. The summed E-state index contributed by atoms with van der Waals surface area (Å²) in [4.78, 5) is 11.1. The van der Waals surface area contributed by atoms with Crippen LogP contribution in [0, 0.1) is 0 Å². The number of carbonyl (C=O) groups is 1. The van der Waals surface area contributed by atoms with E-state index in [4.69, 9.17) is 14.2 Å². The van der Waals surface area contributed by atoms with Gasteiger partial charge in [-0.3, -0.25) is 0 Å². The molecule has 0 amide bonds. The molecule has 4 heteroatoms. The van der Waals surface area contributed by atoms with Gasteiger partial charge < -0.3 is 14.2 Å². The maximum absolute atomic E-state index is 11.1. The molecule has 0 saturated heterocycles. The van der Waals surface area contributed by atoms with Crippen molar-refractivity contribution in [3.8, 4) is 0 Å². The smallest absolute Gasteiger partial charge is 0.332 e. The third-order valence-corrected chi connectivity index (χ3v) is 1.75. The number of esters is 1. The molecule has 0 aromatic carbocycles. The fraction of sp³-hybridized carbons (Fsp3) is 0.909. The quantitative estimate of drug-likeness (QED) is 0.437. The van der Waals surface area contributed by atoms with Gasteiger partial charge in [-0.15, -0.1) is 0 Å². The minimum Gasteiger partial charge on any atom is -0.459 e. The van der Waals surface area contributed by atoms with Crippen LogP contribution < -0.4 is 0 Å². The molecule has 0 heterocycles. The minimum absolute atomic E-state index is 0.0236. The Balaban J connectivity index is 3.38. The summed E-state index contributed by atoms with van der Waals surface area (Å²) in [6.07, 6.45) is 1.95. The summed E-state index contributed by atoms with van der Waals surface area (Å²) < 4.78 is 15.3. The molecule has 0 aliphatic heterocycles. The van der Waals surface area contributed by atoms with Crippen molar-refractivity contribution in [2.24, 2.45) is 0 Å². The average Bonchev–Trinajstić information content (AvgIpc) is 2.21. The van der Waals surface area contributed by atoms with Crippen molar-refractivity contribution in [1.29, 1.82) is 0 Å². The largest absolute Gasteiger partial charge is 0.459 e. The highest BCUT2D eigenvalue weighted by molar-refractivity contribution is 5.70. The first-order valence-electron chi connectivity index (χ1n) is 5.55. The monoisotopic (exact) mass is 218 g/mol. The highest BCUT2D eigenvalue weighted by atomic mass is 16.6. The van der Waals surface area contributed by atoms with Crippen LogP contribution in [0.15, 0.2) is 0 Å². The summed E-state index contributed by atoms with van der Waals surface area (Å²) in [6, 6.07) is 0. The molecule has 0 bridgehead atoms. The Morgan fingerprint density at radius 3 is 2.60 bits per heavy atom. The van der Waals surface area contributed by atoms with E-state index >= 15 is 0 Å². The molecule has 1 atom stereocenters. The molecule has 0 rings (SSSR count). The van der Waals surface area contributed by atoms with Crippen molar-refractivity contribution in [3.63, 3.8) is 0 Å². The van der Waals surface area contributed by atoms with Crippen LogP contribution in [0.3, 0.4) is 0 Å². The predicted octanol–water partition coefficient (Wildman–Crippen LogP) is 1.77. The first-order chi connectivity index (χ1) is 7.20. The van der Waals surface area contributed by atoms with Crippen LogP contribution in [0.25, 0.3) is 0 Å². The molecular formula is C11H22O4. The zero-order valence-electron chi connectivity index (χ0n) is 9.95. The van der Waals surface area contributed by atoms with Crippen molar-refractivity contribution in [1.82, 2.24) is 0 Å². The van der Waals surface area contributed by atoms with E-state index in [0.29, 0.717) is 13.2 Å². The lowest BCUT2D eigenvalue weighted by atomic mass is 10.3. The highest BCUT2D eigenvalue weighted by Gasteiger charge is 2.08. The highest BCUT2D eigenvalue weighted by Crippen LogP contribution is 1.95. The van der Waals surface area contributed by atoms with E-state index in [1.54, 1.807) is 0 Å². The zero-order valence-corrected chi connectivity index (χ0v) is 9.95. The maximum atomic E-state index is 11.1. The van der Waals surface area contributed by atoms with Gasteiger partial charge in [0.05, 0.1) is 6.61 Å². The summed E-state index contributed by atoms with van der Waals surface area (Å²) in [5.74, 6) is -0.330. The van der Waals surface area contributed by atoms with Gasteiger partial charge in [-0.2, -0.15) is 0 Å². The molecule has 4 nitrogen and oxygen atoms in total. The van der Waals surface area contributed by atoms with Crippen LogP contribution in [-0.2, 0) is 19.0 Å². The molecule has 90 valence electrons. The maximum Gasteiger partial charge on any atom is 0.332 e. The second-order valence-corrected chi connectivity index (χ2v) is 3.37. The van der Waals surface area contributed by atoms with Crippen LogP contribution >= 0.6 is 0 Å². The summed E-state index contributed by atoms with van der Waals surface area (Å²) in [6.45, 7) is 7.49. The topological polar surface area (TPSA) is 44.8 Å². The lowest BCUT2D eigenvalue weighted by molar-refractivity contribution is -0.156. The number of carbonyl (C=O) groups excluding carboxylic acids is 1. The Morgan fingerprint density at radius 2 is 2.00 bits per heavy atom. The molecule has 0 spiro atoms. The van der Waals surface area contributed by atoms with Gasteiger partial charge in [0.25, 0.3) is 0 Å². The molecule has 0 aliphatic carbocycles. The van der Waals surface area contributed by atoms with Gasteiger partial charge in [0.2, 0.25) is 0 Å². The average molecular weight is 218 g/mol. The van der Waals surface area contributed by atoms with Crippen LogP contribution in [0.4, 0.5) is 0 Å². The van der Waals surface area contributed by atoms with Crippen molar-refractivity contribution >= 4 is 5.97 Å². The van der Waals surface area contributed by atoms with Gasteiger partial charge in [-0.05, 0) is 20.3 Å². The minimum atomic E-state index is -0.330. The van der Waals surface area contributed by atoms with E-state index in [0.717, 1.165) is 19.4 Å². The third-order valence-electron chi connectivity index (χ3n) is 1.75. The standard InChI is InChI=1S/C11H22O4/c1-4-6-7-14-8-10(3)15-11(12)9-13-5-2/h10H,4-9H2,1-3H3. The molecular weight excluding hydrogens is 196 g/mol. The second kappa shape index (κ2) is 9.93. The van der Waals surface area contributed by atoms with Gasteiger partial charge in [0.1, 0.15) is 12.7 Å². The number of hydrogen-bond donors (Lipinski definition) is 0. The van der Waals surface area contributed by atoms with E-state index in [9.17, 15) is 4.79 Å². The van der Waals surface area contributed by atoms with Gasteiger partial charge >= 0.3 is 5.97 Å². The van der Waals surface area contributed by atoms with Gasteiger partial charge in [-0.25, -0.2) is 4.79 Å². The van der Waals surface area contributed by atoms with Crippen molar-refractivity contribution < 1.29 is 19.0 Å². The number of ether oxygens (including phenoxy) is 3. The Bertz CT molecular complexity index is 159. The van der Waals surface area contributed by atoms with E-state index in [1.807, 2.05) is 13.8 Å². The fourth-order valence-corrected chi connectivity index (χ4v) is 0.974. The Morgan fingerprint density at radius 1 is 1.27 bits per heavy atom. The molecule has 0 aliphatic rings. The van der Waals surface area contributed by atoms with E-state index < -0.39 is 0 Å². The van der Waals surface area contributed by atoms with E-state index in [-0.39, 0.29) is 18.7 Å². The zero-order chi connectivity index (χ0) is 11.5. The number of hydrogen-bond acceptors (Lipinski definition) is 4. The van der Waals surface area contributed by atoms with Gasteiger partial charge in [0.15, 0.2) is 0 Å². The van der Waals surface area contributed by atoms with Crippen LogP contribution in [-0.4, -0.2) is 38.5 Å². The molecule has 0 fully saturated rings. The van der Waals surface area contributed by atoms with E-state index in [1.165, 1.54) is 0 Å². The predicted molar refractivity (Wildman–Crippen MR) is 57.8 cm³/mol. The van der Waals surface area contributed by atoms with Crippen LogP contribution in [0.1, 0.15) is 33.6 Å². The van der Waals surface area contributed by atoms with Crippen molar-refractivity contribution in [2.45, 2.75) is 39.7 Å². The van der Waals surface area contributed by atoms with Crippen molar-refractivity contribution in [2.75, 3.05) is 26.4 Å². The Labute approximate surface area is 91.9 Å². The number of rotatable bonds is 9. The van der Waals surface area contributed by atoms with Crippen LogP contribution in [0.2, 0.25) is 0 Å². The molecule has 0 aromatic heterocycles. The van der Waals surface area contributed by atoms with E-state index in [2.05, 4.69) is 6.92 Å². The lowest BCUT2D eigenvalue weighted by Crippen LogP contribution is -2.23. The third kappa shape index (κ3) is 9.69.